The quantitative estimate of drug-likeness (QED) is 0.724. The van der Waals surface area contributed by atoms with E-state index >= 15 is 0 Å². The molecule has 0 spiro atoms. The zero-order valence-corrected chi connectivity index (χ0v) is 8.24. The SMILES string of the molecule is CC(C)C(CN)C(C)C.F.F.F. The van der Waals surface area contributed by atoms with Gasteiger partial charge >= 0.3 is 0 Å². The second-order valence-electron chi connectivity index (χ2n) is 3.39. The highest BCUT2D eigenvalue weighted by molar-refractivity contribution is 4.66. The number of nitrogens with two attached hydrogens (primary N) is 1. The molecule has 0 rings (SSSR count). The Bertz CT molecular complexity index is 68.7. The molecule has 0 radical (unpaired) electrons. The molecule has 0 aliphatic heterocycles. The second-order valence-corrected chi connectivity index (χ2v) is 3.39. The number of hydrogen-bond acceptors (Lipinski definition) is 1. The molecular formula is C8H22F3N. The van der Waals surface area contributed by atoms with Crippen LogP contribution in [0.4, 0.5) is 14.1 Å². The smallest absolute Gasteiger partial charge is 0.00440 e. The van der Waals surface area contributed by atoms with Gasteiger partial charge in [0.2, 0.25) is 0 Å². The van der Waals surface area contributed by atoms with Gasteiger partial charge in [-0.05, 0) is 24.3 Å². The third-order valence-corrected chi connectivity index (χ3v) is 1.98. The standard InChI is InChI=1S/C8H19N.3FH/c1-6(2)8(5-9)7(3)4;;;/h6-8H,5,9H2,1-4H3;3*1H. The van der Waals surface area contributed by atoms with Crippen molar-refractivity contribution in [2.45, 2.75) is 27.7 Å². The molecule has 0 aromatic carbocycles. The molecule has 80 valence electrons. The van der Waals surface area contributed by atoms with Gasteiger partial charge in [0.1, 0.15) is 0 Å². The first-order chi connectivity index (χ1) is 4.09. The fraction of sp³-hybridized carbons (Fsp3) is 1.00. The summed E-state index contributed by atoms with van der Waals surface area (Å²) >= 11 is 0. The molecule has 0 fully saturated rings. The van der Waals surface area contributed by atoms with Gasteiger partial charge < -0.3 is 5.73 Å². The van der Waals surface area contributed by atoms with Crippen molar-refractivity contribution in [2.24, 2.45) is 23.5 Å². The molecule has 0 heterocycles. The zero-order valence-electron chi connectivity index (χ0n) is 8.24. The molecule has 2 N–H and O–H groups in total. The van der Waals surface area contributed by atoms with Gasteiger partial charge in [-0.2, -0.15) is 0 Å². The van der Waals surface area contributed by atoms with Crippen molar-refractivity contribution in [3.05, 3.63) is 0 Å². The zero-order chi connectivity index (χ0) is 7.44. The average Bonchev–Trinajstić information content (AvgIpc) is 1.64. The molecule has 0 aromatic rings. The molecule has 0 saturated heterocycles. The lowest BCUT2D eigenvalue weighted by Gasteiger charge is -2.22. The lowest BCUT2D eigenvalue weighted by molar-refractivity contribution is 0.297. The van der Waals surface area contributed by atoms with Gasteiger partial charge in [0.05, 0.1) is 0 Å². The summed E-state index contributed by atoms with van der Waals surface area (Å²) in [5.41, 5.74) is 5.57. The van der Waals surface area contributed by atoms with Crippen LogP contribution in [0, 0.1) is 17.8 Å². The Morgan fingerprint density at radius 3 is 1.08 bits per heavy atom. The van der Waals surface area contributed by atoms with E-state index in [0.717, 1.165) is 18.4 Å². The molecule has 4 heteroatoms. The summed E-state index contributed by atoms with van der Waals surface area (Å²) in [5, 5.41) is 0. The highest BCUT2D eigenvalue weighted by Gasteiger charge is 2.14. The second kappa shape index (κ2) is 10.8. The van der Waals surface area contributed by atoms with E-state index < -0.39 is 0 Å². The molecule has 0 unspecified atom stereocenters. The van der Waals surface area contributed by atoms with E-state index in [1.165, 1.54) is 0 Å². The van der Waals surface area contributed by atoms with Crippen molar-refractivity contribution in [3.63, 3.8) is 0 Å². The Kier molecular flexibility index (Phi) is 20.3. The maximum absolute atomic E-state index is 5.57. The molecule has 0 amide bonds. The molecule has 0 aliphatic carbocycles. The van der Waals surface area contributed by atoms with Crippen molar-refractivity contribution < 1.29 is 14.1 Å². The van der Waals surface area contributed by atoms with Gasteiger partial charge in [0.25, 0.3) is 0 Å². The molecular weight excluding hydrogens is 167 g/mol. The summed E-state index contributed by atoms with van der Waals surface area (Å²) in [6.45, 7) is 9.76. The Morgan fingerprint density at radius 2 is 1.08 bits per heavy atom. The Hall–Kier alpha value is -0.250. The first-order valence-electron chi connectivity index (χ1n) is 3.79. The van der Waals surface area contributed by atoms with E-state index in [-0.39, 0.29) is 14.1 Å². The predicted molar refractivity (Wildman–Crippen MR) is 49.7 cm³/mol. The molecule has 1 nitrogen and oxygen atoms in total. The predicted octanol–water partition coefficient (Wildman–Crippen LogP) is 2.33. The molecule has 0 saturated carbocycles. The lowest BCUT2D eigenvalue weighted by atomic mass is 9.86. The largest absolute Gasteiger partial charge is 0.330 e. The third kappa shape index (κ3) is 7.85. The third-order valence-electron chi connectivity index (χ3n) is 1.98. The van der Waals surface area contributed by atoms with Crippen molar-refractivity contribution in [1.29, 1.82) is 0 Å². The van der Waals surface area contributed by atoms with Crippen LogP contribution in [0.5, 0.6) is 0 Å². The van der Waals surface area contributed by atoms with E-state index in [1.54, 1.807) is 0 Å². The summed E-state index contributed by atoms with van der Waals surface area (Å²) in [5.74, 6) is 2.16. The van der Waals surface area contributed by atoms with Gasteiger partial charge in [-0.3, -0.25) is 14.1 Å². The monoisotopic (exact) mass is 189 g/mol. The summed E-state index contributed by atoms with van der Waals surface area (Å²) in [7, 11) is 0. The Labute approximate surface area is 72.8 Å². The van der Waals surface area contributed by atoms with Gasteiger partial charge in [-0.15, -0.1) is 0 Å². The van der Waals surface area contributed by atoms with Crippen molar-refractivity contribution in [3.8, 4) is 0 Å². The molecule has 0 bridgehead atoms. The van der Waals surface area contributed by atoms with E-state index in [0.29, 0.717) is 5.92 Å². The van der Waals surface area contributed by atoms with Crippen LogP contribution < -0.4 is 5.73 Å². The van der Waals surface area contributed by atoms with E-state index in [2.05, 4.69) is 27.7 Å². The van der Waals surface area contributed by atoms with Crippen LogP contribution in [-0.2, 0) is 0 Å². The first-order valence-corrected chi connectivity index (χ1v) is 3.79. The van der Waals surface area contributed by atoms with Crippen LogP contribution in [0.1, 0.15) is 27.7 Å². The summed E-state index contributed by atoms with van der Waals surface area (Å²) < 4.78 is 0. The maximum atomic E-state index is 5.57. The minimum absolute atomic E-state index is 0. The molecule has 0 aliphatic rings. The number of hydrogen-bond donors (Lipinski definition) is 1. The van der Waals surface area contributed by atoms with Crippen LogP contribution in [0.2, 0.25) is 0 Å². The minimum Gasteiger partial charge on any atom is -0.330 e. The Balaban J connectivity index is -0.000000107. The molecule has 12 heavy (non-hydrogen) atoms. The van der Waals surface area contributed by atoms with Gasteiger partial charge in [-0.25, -0.2) is 0 Å². The summed E-state index contributed by atoms with van der Waals surface area (Å²) in [6.07, 6.45) is 0. The summed E-state index contributed by atoms with van der Waals surface area (Å²) in [4.78, 5) is 0. The van der Waals surface area contributed by atoms with E-state index in [1.807, 2.05) is 0 Å². The molecule has 0 atom stereocenters. The highest BCUT2D eigenvalue weighted by Crippen LogP contribution is 2.18. The normalized spacial score (nSPS) is 9.00. The maximum Gasteiger partial charge on any atom is -0.00440 e. The Morgan fingerprint density at radius 1 is 0.833 bits per heavy atom. The van der Waals surface area contributed by atoms with Crippen LogP contribution in [0.3, 0.4) is 0 Å². The van der Waals surface area contributed by atoms with Gasteiger partial charge in [0.15, 0.2) is 0 Å². The van der Waals surface area contributed by atoms with Crippen LogP contribution >= 0.6 is 0 Å². The van der Waals surface area contributed by atoms with Crippen LogP contribution in [0.25, 0.3) is 0 Å². The average molecular weight is 189 g/mol. The van der Waals surface area contributed by atoms with Crippen LogP contribution in [-0.4, -0.2) is 6.54 Å². The highest BCUT2D eigenvalue weighted by atomic mass is 19.0. The molecule has 0 aromatic heterocycles. The topological polar surface area (TPSA) is 26.0 Å². The van der Waals surface area contributed by atoms with Gasteiger partial charge in [0, 0.05) is 0 Å². The van der Waals surface area contributed by atoms with Crippen molar-refractivity contribution in [2.75, 3.05) is 6.54 Å². The first kappa shape index (κ1) is 22.6. The number of rotatable bonds is 3. The summed E-state index contributed by atoms with van der Waals surface area (Å²) in [6, 6.07) is 0. The minimum atomic E-state index is 0. The van der Waals surface area contributed by atoms with E-state index in [9.17, 15) is 0 Å². The van der Waals surface area contributed by atoms with Gasteiger partial charge in [-0.1, -0.05) is 27.7 Å². The van der Waals surface area contributed by atoms with E-state index in [4.69, 9.17) is 5.73 Å². The van der Waals surface area contributed by atoms with Crippen LogP contribution in [0.15, 0.2) is 0 Å². The van der Waals surface area contributed by atoms with Crippen molar-refractivity contribution in [1.82, 2.24) is 0 Å². The van der Waals surface area contributed by atoms with Crippen molar-refractivity contribution >= 4 is 0 Å². The lowest BCUT2D eigenvalue weighted by Crippen LogP contribution is -2.24. The fourth-order valence-corrected chi connectivity index (χ4v) is 1.31. The number of halogens is 3. The fourth-order valence-electron chi connectivity index (χ4n) is 1.31.